The molecule has 1 N–H and O–H groups in total. The zero-order valence-electron chi connectivity index (χ0n) is 14.3. The molecule has 0 aliphatic heterocycles. The Labute approximate surface area is 170 Å². The highest BCUT2D eigenvalue weighted by Gasteiger charge is 2.15. The molecule has 1 heterocycles. The van der Waals surface area contributed by atoms with Crippen LogP contribution in [0.3, 0.4) is 0 Å². The molecule has 0 unspecified atom stereocenters. The third-order valence-corrected chi connectivity index (χ3v) is 5.47. The second-order valence-electron chi connectivity index (χ2n) is 5.81. The van der Waals surface area contributed by atoms with Gasteiger partial charge in [-0.15, -0.1) is 11.8 Å². The molecule has 7 heteroatoms. The van der Waals surface area contributed by atoms with Gasteiger partial charge in [-0.2, -0.15) is 5.10 Å². The average Bonchev–Trinajstić information content (AvgIpc) is 2.96. The van der Waals surface area contributed by atoms with Crippen LogP contribution in [0, 0.1) is 6.92 Å². The van der Waals surface area contributed by atoms with Crippen molar-refractivity contribution in [2.75, 3.05) is 11.6 Å². The second-order valence-corrected chi connectivity index (χ2v) is 7.95. The number of aromatic nitrogens is 2. The summed E-state index contributed by atoms with van der Waals surface area (Å²) in [6.07, 6.45) is 3.80. The summed E-state index contributed by atoms with van der Waals surface area (Å²) in [4.78, 5) is 13.6. The first-order valence-electron chi connectivity index (χ1n) is 7.89. The fraction of sp³-hybridized carbons (Fsp3) is 0.158. The van der Waals surface area contributed by atoms with Crippen LogP contribution in [-0.4, -0.2) is 21.9 Å². The molecule has 1 aromatic heterocycles. The molecule has 3 aromatic rings. The summed E-state index contributed by atoms with van der Waals surface area (Å²) in [5.74, 6) is 0.180. The minimum absolute atomic E-state index is 0.285. The van der Waals surface area contributed by atoms with Gasteiger partial charge in [0.05, 0.1) is 21.6 Å². The fourth-order valence-electron chi connectivity index (χ4n) is 2.42. The molecule has 0 fully saturated rings. The van der Waals surface area contributed by atoms with Crippen molar-refractivity contribution in [1.29, 1.82) is 0 Å². The van der Waals surface area contributed by atoms with Crippen molar-refractivity contribution in [3.63, 3.8) is 0 Å². The molecule has 0 spiro atoms. The Balaban J connectivity index is 1.77. The number of nitrogens with zero attached hydrogens (tertiary/aromatic N) is 2. The number of hydrogen-bond acceptors (Lipinski definition) is 3. The number of amides is 1. The van der Waals surface area contributed by atoms with Crippen LogP contribution in [0.15, 0.2) is 58.0 Å². The maximum atomic E-state index is 12.6. The Bertz CT molecular complexity index is 940. The first kappa shape index (κ1) is 19.0. The number of carbonyl (C=O) groups excluding carboxylic acids is 1. The Morgan fingerprint density at radius 1 is 1.27 bits per heavy atom. The molecule has 0 aliphatic rings. The van der Waals surface area contributed by atoms with Gasteiger partial charge < -0.3 is 5.32 Å². The molecule has 26 heavy (non-hydrogen) atoms. The van der Waals surface area contributed by atoms with E-state index in [1.165, 1.54) is 5.56 Å². The lowest BCUT2D eigenvalue weighted by Gasteiger charge is -2.07. The number of benzene rings is 2. The number of nitrogens with one attached hydrogen (secondary N) is 1. The predicted octanol–water partition coefficient (Wildman–Crippen LogP) is 5.63. The topological polar surface area (TPSA) is 46.9 Å². The molecule has 4 nitrogen and oxygen atoms in total. The number of thioether (sulfide) groups is 1. The van der Waals surface area contributed by atoms with E-state index in [1.54, 1.807) is 28.6 Å². The van der Waals surface area contributed by atoms with Gasteiger partial charge in [-0.05, 0) is 52.9 Å². The van der Waals surface area contributed by atoms with E-state index in [0.717, 1.165) is 14.9 Å². The van der Waals surface area contributed by atoms with E-state index < -0.39 is 0 Å². The van der Waals surface area contributed by atoms with Crippen molar-refractivity contribution in [3.8, 4) is 0 Å². The molecule has 0 aliphatic carbocycles. The maximum absolute atomic E-state index is 12.6. The van der Waals surface area contributed by atoms with Gasteiger partial charge >= 0.3 is 0 Å². The summed E-state index contributed by atoms with van der Waals surface area (Å²) >= 11 is 11.2. The molecular formula is C19H17BrClN3OS. The summed E-state index contributed by atoms with van der Waals surface area (Å²) in [7, 11) is 0. The van der Waals surface area contributed by atoms with E-state index in [-0.39, 0.29) is 5.91 Å². The number of halogens is 2. The average molecular weight is 451 g/mol. The zero-order chi connectivity index (χ0) is 18.7. The predicted molar refractivity (Wildman–Crippen MR) is 111 cm³/mol. The van der Waals surface area contributed by atoms with Crippen LogP contribution < -0.4 is 5.32 Å². The molecule has 0 bridgehead atoms. The number of anilines is 1. The molecule has 1 amide bonds. The van der Waals surface area contributed by atoms with Gasteiger partial charge in [0.1, 0.15) is 0 Å². The summed E-state index contributed by atoms with van der Waals surface area (Å²) in [6.45, 7) is 2.68. The van der Waals surface area contributed by atoms with Crippen LogP contribution in [0.1, 0.15) is 21.5 Å². The standard InChI is InChI=1S/C19H17BrClN3OS/c1-12-3-5-13(6-4-12)10-24-11-16(20)18(23-24)22-19(25)15-9-14(26-2)7-8-17(15)21/h3-9,11H,10H2,1-2H3,(H,22,23,25). The van der Waals surface area contributed by atoms with E-state index in [4.69, 9.17) is 11.6 Å². The van der Waals surface area contributed by atoms with E-state index in [2.05, 4.69) is 57.5 Å². The molecule has 2 aromatic carbocycles. The summed E-state index contributed by atoms with van der Waals surface area (Å²) in [6, 6.07) is 13.7. The van der Waals surface area contributed by atoms with Gasteiger partial charge in [0.2, 0.25) is 0 Å². The Morgan fingerprint density at radius 2 is 2.00 bits per heavy atom. The molecule has 134 valence electrons. The number of aryl methyl sites for hydroxylation is 1. The second kappa shape index (κ2) is 8.29. The molecule has 0 saturated heterocycles. The third kappa shape index (κ3) is 4.50. The molecule has 0 atom stereocenters. The van der Waals surface area contributed by atoms with Crippen molar-refractivity contribution in [1.82, 2.24) is 9.78 Å². The smallest absolute Gasteiger partial charge is 0.258 e. The molecule has 0 saturated carbocycles. The van der Waals surface area contributed by atoms with Crippen LogP contribution in [0.2, 0.25) is 5.02 Å². The minimum Gasteiger partial charge on any atom is -0.304 e. The Morgan fingerprint density at radius 3 is 2.69 bits per heavy atom. The molecule has 0 radical (unpaired) electrons. The summed E-state index contributed by atoms with van der Waals surface area (Å²) in [5, 5.41) is 7.69. The van der Waals surface area contributed by atoms with Gasteiger partial charge in [0.15, 0.2) is 5.82 Å². The fourth-order valence-corrected chi connectivity index (χ4v) is 3.48. The van der Waals surface area contributed by atoms with Crippen molar-refractivity contribution in [2.24, 2.45) is 0 Å². The van der Waals surface area contributed by atoms with Gasteiger partial charge in [-0.25, -0.2) is 0 Å². The largest absolute Gasteiger partial charge is 0.304 e. The Hall–Kier alpha value is -1.76. The monoisotopic (exact) mass is 449 g/mol. The van der Waals surface area contributed by atoms with E-state index in [9.17, 15) is 4.79 Å². The minimum atomic E-state index is -0.285. The lowest BCUT2D eigenvalue weighted by Crippen LogP contribution is -2.14. The van der Waals surface area contributed by atoms with Crippen molar-refractivity contribution in [2.45, 2.75) is 18.4 Å². The summed E-state index contributed by atoms with van der Waals surface area (Å²) < 4.78 is 2.50. The Kier molecular flexibility index (Phi) is 6.06. The number of carbonyl (C=O) groups is 1. The van der Waals surface area contributed by atoms with E-state index in [1.807, 2.05) is 18.5 Å². The van der Waals surface area contributed by atoms with Crippen LogP contribution >= 0.6 is 39.3 Å². The van der Waals surface area contributed by atoms with Crippen molar-refractivity contribution < 1.29 is 4.79 Å². The maximum Gasteiger partial charge on any atom is 0.258 e. The SMILES string of the molecule is CSc1ccc(Cl)c(C(=O)Nc2nn(Cc3ccc(C)cc3)cc2Br)c1. The number of hydrogen-bond donors (Lipinski definition) is 1. The quantitative estimate of drug-likeness (QED) is 0.512. The van der Waals surface area contributed by atoms with E-state index in [0.29, 0.717) is 22.9 Å². The van der Waals surface area contributed by atoms with Crippen LogP contribution in [0.4, 0.5) is 5.82 Å². The van der Waals surface area contributed by atoms with Crippen LogP contribution in [0.25, 0.3) is 0 Å². The molecular weight excluding hydrogens is 434 g/mol. The third-order valence-electron chi connectivity index (χ3n) is 3.83. The lowest BCUT2D eigenvalue weighted by molar-refractivity contribution is 0.102. The highest BCUT2D eigenvalue weighted by Crippen LogP contribution is 2.26. The van der Waals surface area contributed by atoms with Crippen molar-refractivity contribution >= 4 is 51.0 Å². The molecule has 3 rings (SSSR count). The van der Waals surface area contributed by atoms with Gasteiger partial charge in [-0.1, -0.05) is 41.4 Å². The zero-order valence-corrected chi connectivity index (χ0v) is 17.5. The van der Waals surface area contributed by atoms with Gasteiger partial charge in [0.25, 0.3) is 5.91 Å². The lowest BCUT2D eigenvalue weighted by atomic mass is 10.1. The van der Waals surface area contributed by atoms with E-state index >= 15 is 0 Å². The summed E-state index contributed by atoms with van der Waals surface area (Å²) in [5.41, 5.74) is 2.78. The highest BCUT2D eigenvalue weighted by molar-refractivity contribution is 9.10. The number of rotatable bonds is 5. The first-order chi connectivity index (χ1) is 12.5. The van der Waals surface area contributed by atoms with Crippen LogP contribution in [0.5, 0.6) is 0 Å². The van der Waals surface area contributed by atoms with Crippen LogP contribution in [-0.2, 0) is 6.54 Å². The normalized spacial score (nSPS) is 10.8. The van der Waals surface area contributed by atoms with Crippen molar-refractivity contribution in [3.05, 3.63) is 74.8 Å². The van der Waals surface area contributed by atoms with Gasteiger partial charge in [-0.3, -0.25) is 9.48 Å². The highest BCUT2D eigenvalue weighted by atomic mass is 79.9. The first-order valence-corrected chi connectivity index (χ1v) is 10.3. The van der Waals surface area contributed by atoms with Gasteiger partial charge in [0, 0.05) is 11.1 Å².